The van der Waals surface area contributed by atoms with Crippen molar-refractivity contribution in [3.8, 4) is 5.75 Å². The molecule has 0 saturated heterocycles. The largest absolute Gasteiger partial charge is 0.491 e. The van der Waals surface area contributed by atoms with Crippen LogP contribution in [0.5, 0.6) is 5.75 Å². The Balaban J connectivity index is 1.51. The molecule has 0 unspecified atom stereocenters. The van der Waals surface area contributed by atoms with Gasteiger partial charge in [-0.3, -0.25) is 9.59 Å². The van der Waals surface area contributed by atoms with Crippen LogP contribution in [-0.4, -0.2) is 52.7 Å². The second-order valence-corrected chi connectivity index (χ2v) is 8.99. The molecule has 35 heavy (non-hydrogen) atoms. The van der Waals surface area contributed by atoms with Crippen molar-refractivity contribution in [3.63, 3.8) is 0 Å². The predicted octanol–water partition coefficient (Wildman–Crippen LogP) is 3.63. The zero-order valence-corrected chi connectivity index (χ0v) is 19.8. The van der Waals surface area contributed by atoms with Crippen LogP contribution in [0.4, 0.5) is 5.69 Å². The molecule has 0 saturated carbocycles. The first-order valence-electron chi connectivity index (χ1n) is 10.4. The number of nitrogens with zero attached hydrogens (tertiary/aromatic N) is 3. The molecule has 11 heteroatoms. The van der Waals surface area contributed by atoms with E-state index >= 15 is 0 Å². The summed E-state index contributed by atoms with van der Waals surface area (Å²) < 4.78 is 10.4. The van der Waals surface area contributed by atoms with Gasteiger partial charge in [0.25, 0.3) is 11.8 Å². The number of carbonyl (C=O) groups is 3. The highest BCUT2D eigenvalue weighted by atomic mass is 32.2. The normalized spacial score (nSPS) is 13.4. The molecule has 3 aromatic rings. The second kappa shape index (κ2) is 11.6. The topological polar surface area (TPSA) is 119 Å². The fourth-order valence-electron chi connectivity index (χ4n) is 3.00. The zero-order chi connectivity index (χ0) is 24.6. The van der Waals surface area contributed by atoms with Crippen LogP contribution in [0.15, 0.2) is 92.9 Å². The molecule has 3 heterocycles. The maximum absolute atomic E-state index is 13.4. The predicted molar refractivity (Wildman–Crippen MR) is 130 cm³/mol. The van der Waals surface area contributed by atoms with Crippen LogP contribution in [-0.2, 0) is 19.1 Å². The number of thioether (sulfide) groups is 2. The molecular weight excluding hydrogens is 490 g/mol. The SMILES string of the molecule is O=C(O)COCCOc1ccc(N2C(=O)C(Sc3ccccn3)=C(Sc3ccccn3)C2=O)cc1. The number of imide groups is 1. The molecule has 9 nitrogen and oxygen atoms in total. The Morgan fingerprint density at radius 1 is 0.829 bits per heavy atom. The molecule has 0 aliphatic carbocycles. The summed E-state index contributed by atoms with van der Waals surface area (Å²) in [6.45, 7) is -0.124. The molecule has 4 rings (SSSR count). The lowest BCUT2D eigenvalue weighted by Crippen LogP contribution is -2.31. The molecule has 0 radical (unpaired) electrons. The van der Waals surface area contributed by atoms with Crippen molar-refractivity contribution in [1.29, 1.82) is 0 Å². The Kier molecular flexibility index (Phi) is 8.14. The lowest BCUT2D eigenvalue weighted by molar-refractivity contribution is -0.142. The van der Waals surface area contributed by atoms with Crippen LogP contribution in [0.2, 0.25) is 0 Å². The molecule has 2 aromatic heterocycles. The van der Waals surface area contributed by atoms with Crippen LogP contribution < -0.4 is 9.64 Å². The van der Waals surface area contributed by atoms with Crippen molar-refractivity contribution in [2.24, 2.45) is 0 Å². The molecule has 0 bridgehead atoms. The average molecular weight is 510 g/mol. The van der Waals surface area contributed by atoms with Gasteiger partial charge in [-0.1, -0.05) is 35.7 Å². The number of aromatic nitrogens is 2. The number of hydrogen-bond acceptors (Lipinski definition) is 9. The van der Waals surface area contributed by atoms with Crippen molar-refractivity contribution >= 4 is 47.0 Å². The Labute approximate surface area is 209 Å². The van der Waals surface area contributed by atoms with E-state index in [0.29, 0.717) is 21.5 Å². The molecule has 0 atom stereocenters. The van der Waals surface area contributed by atoms with Crippen LogP contribution in [0.1, 0.15) is 0 Å². The Morgan fingerprint density at radius 2 is 1.40 bits per heavy atom. The third-order valence-electron chi connectivity index (χ3n) is 4.51. The summed E-state index contributed by atoms with van der Waals surface area (Å²) in [6, 6.07) is 17.2. The van der Waals surface area contributed by atoms with Gasteiger partial charge in [0.05, 0.1) is 22.1 Å². The van der Waals surface area contributed by atoms with Crippen molar-refractivity contribution in [1.82, 2.24) is 9.97 Å². The summed E-state index contributed by atoms with van der Waals surface area (Å²) in [7, 11) is 0. The minimum Gasteiger partial charge on any atom is -0.491 e. The Hall–Kier alpha value is -3.67. The summed E-state index contributed by atoms with van der Waals surface area (Å²) in [5, 5.41) is 9.76. The highest BCUT2D eigenvalue weighted by Crippen LogP contribution is 2.43. The highest BCUT2D eigenvalue weighted by Gasteiger charge is 2.40. The van der Waals surface area contributed by atoms with E-state index in [2.05, 4.69) is 9.97 Å². The van der Waals surface area contributed by atoms with E-state index in [1.807, 2.05) is 12.1 Å². The quantitative estimate of drug-likeness (QED) is 0.303. The minimum atomic E-state index is -1.05. The van der Waals surface area contributed by atoms with Gasteiger partial charge in [0.1, 0.15) is 29.0 Å². The third kappa shape index (κ3) is 6.27. The van der Waals surface area contributed by atoms with Gasteiger partial charge in [-0.2, -0.15) is 0 Å². The smallest absolute Gasteiger partial charge is 0.329 e. The minimum absolute atomic E-state index is 0.114. The van der Waals surface area contributed by atoms with Crippen LogP contribution in [0, 0.1) is 0 Å². The van der Waals surface area contributed by atoms with Crippen molar-refractivity contribution < 1.29 is 29.0 Å². The standard InChI is InChI=1S/C24H19N3O6S2/c28-20(29)15-32-13-14-33-17-9-7-16(8-10-17)27-23(30)21(34-18-5-1-3-11-25-18)22(24(27)31)35-19-6-2-4-12-26-19/h1-12H,13-15H2,(H,28,29). The molecule has 1 aromatic carbocycles. The number of pyridine rings is 2. The Bertz CT molecular complexity index is 1170. The van der Waals surface area contributed by atoms with Crippen LogP contribution in [0.3, 0.4) is 0 Å². The van der Waals surface area contributed by atoms with Gasteiger partial charge in [0.2, 0.25) is 0 Å². The molecule has 0 fully saturated rings. The summed E-state index contributed by atoms with van der Waals surface area (Å²) in [6.07, 6.45) is 3.25. The number of hydrogen-bond donors (Lipinski definition) is 1. The number of aliphatic carboxylic acids is 1. The lowest BCUT2D eigenvalue weighted by Gasteiger charge is -2.15. The number of anilines is 1. The summed E-state index contributed by atoms with van der Waals surface area (Å²) in [5.41, 5.74) is 0.394. The van der Waals surface area contributed by atoms with E-state index in [1.54, 1.807) is 60.9 Å². The number of benzene rings is 1. The van der Waals surface area contributed by atoms with E-state index in [9.17, 15) is 14.4 Å². The summed E-state index contributed by atoms with van der Waals surface area (Å²) in [5.74, 6) is -1.45. The van der Waals surface area contributed by atoms with Gasteiger partial charge in [-0.05, 0) is 48.5 Å². The maximum atomic E-state index is 13.4. The first-order valence-corrected chi connectivity index (χ1v) is 12.0. The number of carboxylic acid groups (broad SMARTS) is 1. The zero-order valence-electron chi connectivity index (χ0n) is 18.2. The summed E-state index contributed by atoms with van der Waals surface area (Å²) >= 11 is 2.27. The molecular formula is C24H19N3O6S2. The molecule has 178 valence electrons. The van der Waals surface area contributed by atoms with Gasteiger partial charge in [-0.25, -0.2) is 19.7 Å². The van der Waals surface area contributed by atoms with Crippen molar-refractivity contribution in [2.45, 2.75) is 10.1 Å². The van der Waals surface area contributed by atoms with E-state index < -0.39 is 24.4 Å². The van der Waals surface area contributed by atoms with Crippen molar-refractivity contribution in [2.75, 3.05) is 24.7 Å². The maximum Gasteiger partial charge on any atom is 0.329 e. The highest BCUT2D eigenvalue weighted by molar-refractivity contribution is 8.08. The Morgan fingerprint density at radius 3 is 1.89 bits per heavy atom. The molecule has 0 spiro atoms. The van der Waals surface area contributed by atoms with Gasteiger partial charge < -0.3 is 14.6 Å². The fraction of sp³-hybridized carbons (Fsp3) is 0.125. The van der Waals surface area contributed by atoms with Gasteiger partial charge >= 0.3 is 5.97 Å². The van der Waals surface area contributed by atoms with E-state index in [0.717, 1.165) is 28.4 Å². The summed E-state index contributed by atoms with van der Waals surface area (Å²) in [4.78, 5) is 47.4. The number of carbonyl (C=O) groups excluding carboxylic acids is 2. The number of amides is 2. The monoisotopic (exact) mass is 509 g/mol. The van der Waals surface area contributed by atoms with Gasteiger partial charge in [0.15, 0.2) is 0 Å². The second-order valence-electron chi connectivity index (χ2n) is 6.93. The molecule has 2 amide bonds. The lowest BCUT2D eigenvalue weighted by atomic mass is 10.3. The van der Waals surface area contributed by atoms with Crippen LogP contribution >= 0.6 is 23.5 Å². The number of carboxylic acids is 1. The first-order chi connectivity index (χ1) is 17.0. The van der Waals surface area contributed by atoms with E-state index in [4.69, 9.17) is 14.6 Å². The average Bonchev–Trinajstić information content (AvgIpc) is 3.09. The molecule has 1 aliphatic heterocycles. The van der Waals surface area contributed by atoms with Crippen LogP contribution in [0.25, 0.3) is 0 Å². The number of rotatable bonds is 11. The van der Waals surface area contributed by atoms with Gasteiger partial charge in [0, 0.05) is 12.4 Å². The molecule has 1 N–H and O–H groups in total. The number of ether oxygens (including phenoxy) is 2. The molecule has 1 aliphatic rings. The van der Waals surface area contributed by atoms with E-state index in [-0.39, 0.29) is 23.0 Å². The first kappa shape index (κ1) is 24.5. The van der Waals surface area contributed by atoms with Gasteiger partial charge in [-0.15, -0.1) is 0 Å². The van der Waals surface area contributed by atoms with Crippen molar-refractivity contribution in [3.05, 3.63) is 82.9 Å². The third-order valence-corrected chi connectivity index (χ3v) is 6.70. The fourth-order valence-corrected chi connectivity index (χ4v) is 4.90. The van der Waals surface area contributed by atoms with E-state index in [1.165, 1.54) is 0 Å².